The lowest BCUT2D eigenvalue weighted by atomic mass is 10.2. The van der Waals surface area contributed by atoms with E-state index >= 15 is 0 Å². The Balaban J connectivity index is 2.72. The van der Waals surface area contributed by atoms with E-state index in [2.05, 4.69) is 4.18 Å². The van der Waals surface area contributed by atoms with E-state index in [1.165, 1.54) is 24.3 Å². The van der Waals surface area contributed by atoms with Gasteiger partial charge in [-0.15, -0.1) is 0 Å². The van der Waals surface area contributed by atoms with Crippen molar-refractivity contribution in [3.05, 3.63) is 35.4 Å². The van der Waals surface area contributed by atoms with Crippen LogP contribution < -0.4 is 0 Å². The van der Waals surface area contributed by atoms with Crippen molar-refractivity contribution in [1.29, 1.82) is 5.26 Å². The molecule has 0 unspecified atom stereocenters. The van der Waals surface area contributed by atoms with Crippen LogP contribution in [0.15, 0.2) is 24.3 Å². The van der Waals surface area contributed by atoms with Crippen LogP contribution in [-0.2, 0) is 20.9 Å². The highest BCUT2D eigenvalue weighted by molar-refractivity contribution is 7.87. The summed E-state index contributed by atoms with van der Waals surface area (Å²) in [7, 11) is -5.58. The molecule has 0 radical (unpaired) electrons. The zero-order chi connectivity index (χ0) is 13.1. The molecule has 0 aliphatic carbocycles. The highest BCUT2D eigenvalue weighted by Crippen LogP contribution is 2.25. The SMILES string of the molecule is N#Cc1ccc(COS(=O)(=O)C(F)(F)F)cc1. The summed E-state index contributed by atoms with van der Waals surface area (Å²) in [4.78, 5) is 0. The summed E-state index contributed by atoms with van der Waals surface area (Å²) in [5, 5.41) is 8.47. The van der Waals surface area contributed by atoms with Gasteiger partial charge in [0.05, 0.1) is 18.2 Å². The summed E-state index contributed by atoms with van der Waals surface area (Å²) in [6.45, 7) is -0.729. The van der Waals surface area contributed by atoms with E-state index in [0.29, 0.717) is 5.56 Å². The maximum Gasteiger partial charge on any atom is 0.523 e. The van der Waals surface area contributed by atoms with Crippen LogP contribution in [0.1, 0.15) is 11.1 Å². The van der Waals surface area contributed by atoms with Crippen molar-refractivity contribution in [3.63, 3.8) is 0 Å². The molecule has 0 aromatic heterocycles. The molecule has 0 heterocycles. The van der Waals surface area contributed by atoms with Gasteiger partial charge in [0.15, 0.2) is 0 Å². The molecular weight excluding hydrogens is 259 g/mol. The van der Waals surface area contributed by atoms with Gasteiger partial charge in [-0.2, -0.15) is 26.9 Å². The van der Waals surface area contributed by atoms with Gasteiger partial charge in [0.1, 0.15) is 0 Å². The Morgan fingerprint density at radius 1 is 1.24 bits per heavy atom. The van der Waals surface area contributed by atoms with Crippen LogP contribution in [0, 0.1) is 11.3 Å². The molecule has 0 aliphatic heterocycles. The molecule has 8 heteroatoms. The van der Waals surface area contributed by atoms with Gasteiger partial charge in [0.25, 0.3) is 0 Å². The third-order valence-corrected chi connectivity index (χ3v) is 2.74. The van der Waals surface area contributed by atoms with Gasteiger partial charge in [-0.3, -0.25) is 4.18 Å². The van der Waals surface area contributed by atoms with Gasteiger partial charge in [0, 0.05) is 0 Å². The van der Waals surface area contributed by atoms with Crippen molar-refractivity contribution < 1.29 is 25.8 Å². The number of halogens is 3. The lowest BCUT2D eigenvalue weighted by Gasteiger charge is -2.08. The van der Waals surface area contributed by atoms with E-state index in [4.69, 9.17) is 5.26 Å². The standard InChI is InChI=1S/C9H6F3NO3S/c10-9(11,12)17(14,15)16-6-8-3-1-7(5-13)2-4-8/h1-4H,6H2. The minimum atomic E-state index is -5.58. The maximum absolute atomic E-state index is 11.9. The van der Waals surface area contributed by atoms with Crippen molar-refractivity contribution in [2.75, 3.05) is 0 Å². The van der Waals surface area contributed by atoms with Crippen molar-refractivity contribution >= 4 is 10.1 Å². The predicted molar refractivity (Wildman–Crippen MR) is 50.9 cm³/mol. The Morgan fingerprint density at radius 3 is 2.18 bits per heavy atom. The fourth-order valence-corrected chi connectivity index (χ4v) is 1.31. The fourth-order valence-electron chi connectivity index (χ4n) is 0.888. The third-order valence-electron chi connectivity index (χ3n) is 1.75. The quantitative estimate of drug-likeness (QED) is 0.618. The number of hydrogen-bond acceptors (Lipinski definition) is 4. The Labute approximate surface area is 95.4 Å². The van der Waals surface area contributed by atoms with Crippen LogP contribution in [0.25, 0.3) is 0 Å². The van der Waals surface area contributed by atoms with Crippen LogP contribution in [0.3, 0.4) is 0 Å². The highest BCUT2D eigenvalue weighted by atomic mass is 32.2. The molecule has 0 aliphatic rings. The van der Waals surface area contributed by atoms with E-state index < -0.39 is 22.2 Å². The summed E-state index contributed by atoms with van der Waals surface area (Å²) >= 11 is 0. The summed E-state index contributed by atoms with van der Waals surface area (Å²) in [5.74, 6) is 0. The van der Waals surface area contributed by atoms with Gasteiger partial charge in [0.2, 0.25) is 0 Å². The normalized spacial score (nSPS) is 12.1. The first kappa shape index (κ1) is 13.5. The first-order valence-electron chi connectivity index (χ1n) is 4.21. The molecule has 0 saturated carbocycles. The second-order valence-electron chi connectivity index (χ2n) is 2.97. The largest absolute Gasteiger partial charge is 0.523 e. The van der Waals surface area contributed by atoms with E-state index in [-0.39, 0.29) is 5.56 Å². The lowest BCUT2D eigenvalue weighted by Crippen LogP contribution is -2.25. The predicted octanol–water partition coefficient (Wildman–Crippen LogP) is 1.92. The van der Waals surface area contributed by atoms with Crippen molar-refractivity contribution in [2.24, 2.45) is 0 Å². The highest BCUT2D eigenvalue weighted by Gasteiger charge is 2.47. The van der Waals surface area contributed by atoms with Gasteiger partial charge in [-0.05, 0) is 17.7 Å². The lowest BCUT2D eigenvalue weighted by molar-refractivity contribution is -0.0547. The average molecular weight is 265 g/mol. The van der Waals surface area contributed by atoms with Gasteiger partial charge in [-0.1, -0.05) is 12.1 Å². The second kappa shape index (κ2) is 4.73. The number of rotatable bonds is 3. The average Bonchev–Trinajstić information content (AvgIpc) is 2.25. The Bertz CT molecular complexity index is 528. The maximum atomic E-state index is 11.9. The fraction of sp³-hybridized carbons (Fsp3) is 0.222. The van der Waals surface area contributed by atoms with E-state index in [1.54, 1.807) is 0 Å². The molecule has 0 spiro atoms. The molecular formula is C9H6F3NO3S. The van der Waals surface area contributed by atoms with E-state index in [9.17, 15) is 21.6 Å². The molecule has 1 aromatic carbocycles. The minimum absolute atomic E-state index is 0.219. The van der Waals surface area contributed by atoms with Crippen molar-refractivity contribution in [1.82, 2.24) is 0 Å². The van der Waals surface area contributed by atoms with Crippen LogP contribution in [0.2, 0.25) is 0 Å². The minimum Gasteiger partial charge on any atom is -0.258 e. The number of alkyl halides is 3. The summed E-state index contributed by atoms with van der Waals surface area (Å²) in [6, 6.07) is 7.12. The molecule has 4 nitrogen and oxygen atoms in total. The molecule has 0 atom stereocenters. The molecule has 1 aromatic rings. The second-order valence-corrected chi connectivity index (χ2v) is 4.58. The first-order valence-corrected chi connectivity index (χ1v) is 5.62. The number of nitrogens with zero attached hydrogens (tertiary/aromatic N) is 1. The Morgan fingerprint density at radius 2 is 1.76 bits per heavy atom. The molecule has 0 amide bonds. The third kappa shape index (κ3) is 3.44. The summed E-state index contributed by atoms with van der Waals surface area (Å²) in [6.07, 6.45) is 0. The number of nitriles is 1. The van der Waals surface area contributed by atoms with E-state index in [1.807, 2.05) is 6.07 Å². The summed E-state index contributed by atoms with van der Waals surface area (Å²) in [5.41, 5.74) is -4.90. The zero-order valence-corrected chi connectivity index (χ0v) is 9.05. The summed E-state index contributed by atoms with van der Waals surface area (Å²) < 4.78 is 60.6. The smallest absolute Gasteiger partial charge is 0.258 e. The Hall–Kier alpha value is -1.59. The number of hydrogen-bond donors (Lipinski definition) is 0. The zero-order valence-electron chi connectivity index (χ0n) is 8.23. The first-order chi connectivity index (χ1) is 7.76. The molecule has 17 heavy (non-hydrogen) atoms. The molecule has 0 N–H and O–H groups in total. The molecule has 0 saturated heterocycles. The van der Waals surface area contributed by atoms with Crippen molar-refractivity contribution in [3.8, 4) is 6.07 Å². The number of benzene rings is 1. The van der Waals surface area contributed by atoms with Crippen LogP contribution in [-0.4, -0.2) is 13.9 Å². The van der Waals surface area contributed by atoms with Gasteiger partial charge < -0.3 is 0 Å². The van der Waals surface area contributed by atoms with Gasteiger partial charge in [-0.25, -0.2) is 0 Å². The topological polar surface area (TPSA) is 67.2 Å². The molecule has 92 valence electrons. The van der Waals surface area contributed by atoms with Crippen LogP contribution in [0.5, 0.6) is 0 Å². The van der Waals surface area contributed by atoms with Gasteiger partial charge >= 0.3 is 15.6 Å². The monoisotopic (exact) mass is 265 g/mol. The Kier molecular flexibility index (Phi) is 3.75. The van der Waals surface area contributed by atoms with Crippen LogP contribution >= 0.6 is 0 Å². The molecule has 1 rings (SSSR count). The van der Waals surface area contributed by atoms with Crippen molar-refractivity contribution in [2.45, 2.75) is 12.1 Å². The molecule has 0 bridgehead atoms. The van der Waals surface area contributed by atoms with Crippen LogP contribution in [0.4, 0.5) is 13.2 Å². The van der Waals surface area contributed by atoms with E-state index in [0.717, 1.165) is 0 Å². The molecule has 0 fully saturated rings.